The third-order valence-electron chi connectivity index (χ3n) is 6.73. The van der Waals surface area contributed by atoms with Crippen molar-refractivity contribution in [2.75, 3.05) is 14.2 Å². The number of methoxy groups -OCH3 is 2. The topological polar surface area (TPSA) is 105 Å². The number of esters is 2. The van der Waals surface area contributed by atoms with Crippen LogP contribution in [0.1, 0.15) is 11.1 Å². The van der Waals surface area contributed by atoms with Crippen molar-refractivity contribution < 1.29 is 38.1 Å². The molecular weight excluding hydrogens is 511 g/mol. The van der Waals surface area contributed by atoms with Gasteiger partial charge >= 0.3 is 11.9 Å². The van der Waals surface area contributed by atoms with Gasteiger partial charge in [-0.25, -0.2) is 0 Å². The van der Waals surface area contributed by atoms with Crippen LogP contribution in [0.2, 0.25) is 10.0 Å². The lowest BCUT2D eigenvalue weighted by molar-refractivity contribution is -0.260. The maximum absolute atomic E-state index is 13.7. The predicted molar refractivity (Wildman–Crippen MR) is 128 cm³/mol. The van der Waals surface area contributed by atoms with Crippen LogP contribution in [0.5, 0.6) is 0 Å². The lowest BCUT2D eigenvalue weighted by atomic mass is 9.47. The van der Waals surface area contributed by atoms with Gasteiger partial charge in [0, 0.05) is 33.3 Å². The highest BCUT2D eigenvalue weighted by molar-refractivity contribution is 6.31. The van der Waals surface area contributed by atoms with Crippen molar-refractivity contribution in [2.24, 2.45) is 11.8 Å². The van der Waals surface area contributed by atoms with Crippen LogP contribution in [-0.4, -0.2) is 48.9 Å². The van der Waals surface area contributed by atoms with E-state index in [1.165, 1.54) is 12.2 Å². The van der Waals surface area contributed by atoms with Gasteiger partial charge in [-0.3, -0.25) is 19.2 Å². The molecule has 10 heteroatoms. The van der Waals surface area contributed by atoms with Gasteiger partial charge in [0.1, 0.15) is 23.4 Å². The van der Waals surface area contributed by atoms with Gasteiger partial charge in [0.2, 0.25) is 22.8 Å². The van der Waals surface area contributed by atoms with E-state index in [4.69, 9.17) is 42.1 Å². The van der Waals surface area contributed by atoms with Crippen LogP contribution in [0.3, 0.4) is 0 Å². The van der Waals surface area contributed by atoms with Crippen molar-refractivity contribution in [3.05, 3.63) is 81.9 Å². The predicted octanol–water partition coefficient (Wildman–Crippen LogP) is 3.64. The summed E-state index contributed by atoms with van der Waals surface area (Å²) >= 11 is 12.0. The Hall–Kier alpha value is -3.62. The highest BCUT2D eigenvalue weighted by Crippen LogP contribution is 2.64. The molecule has 0 amide bonds. The number of benzene rings is 2. The highest BCUT2D eigenvalue weighted by atomic mass is 35.5. The van der Waals surface area contributed by atoms with E-state index in [2.05, 4.69) is 0 Å². The number of carbonyl (C=O) groups is 4. The summed E-state index contributed by atoms with van der Waals surface area (Å²) in [5.41, 5.74) is -3.45. The molecule has 2 aliphatic heterocycles. The molecule has 5 rings (SSSR count). The van der Waals surface area contributed by atoms with Crippen LogP contribution < -0.4 is 0 Å². The zero-order valence-electron chi connectivity index (χ0n) is 19.0. The van der Waals surface area contributed by atoms with Crippen molar-refractivity contribution >= 4 is 58.2 Å². The van der Waals surface area contributed by atoms with E-state index in [-0.39, 0.29) is 11.5 Å². The molecule has 3 aliphatic rings. The number of halogens is 2. The van der Waals surface area contributed by atoms with Crippen molar-refractivity contribution in [3.8, 4) is 0 Å². The van der Waals surface area contributed by atoms with Crippen molar-refractivity contribution in [1.82, 2.24) is 0 Å². The third-order valence-corrected chi connectivity index (χ3v) is 7.23. The maximum atomic E-state index is 13.7. The van der Waals surface area contributed by atoms with Gasteiger partial charge in [-0.1, -0.05) is 23.2 Å². The minimum atomic E-state index is -2.20. The van der Waals surface area contributed by atoms with E-state index in [9.17, 15) is 19.2 Å². The molecule has 0 radical (unpaired) electrons. The standard InChI is InChI=1S/C26H18Cl2O8/c1-33-23(31)21-22(24(32)34-2)26(20(30)12-18(36-26)14-5-9-16(28)10-6-14)25(21)19(29)11-17(35-25)13-3-7-15(27)8-4-13/h3-12,21-22H,1-2H3/t21-,22-,25+,26+/m0/s1. The first-order valence-corrected chi connectivity index (χ1v) is 11.5. The molecule has 8 nitrogen and oxygen atoms in total. The number of ketones is 2. The number of hydrogen-bond donors (Lipinski definition) is 0. The summed E-state index contributed by atoms with van der Waals surface area (Å²) in [5.74, 6) is -6.13. The monoisotopic (exact) mass is 528 g/mol. The summed E-state index contributed by atoms with van der Waals surface area (Å²) in [6.45, 7) is 0. The van der Waals surface area contributed by atoms with Crippen LogP contribution in [-0.2, 0) is 38.1 Å². The number of ether oxygens (including phenoxy) is 4. The fourth-order valence-electron chi connectivity index (χ4n) is 5.12. The van der Waals surface area contributed by atoms with E-state index in [0.717, 1.165) is 14.2 Å². The molecule has 1 aliphatic carbocycles. The van der Waals surface area contributed by atoms with Gasteiger partial charge < -0.3 is 18.9 Å². The Morgan fingerprint density at radius 1 is 0.694 bits per heavy atom. The number of carbonyl (C=O) groups excluding carboxylic acids is 4. The fourth-order valence-corrected chi connectivity index (χ4v) is 5.37. The second-order valence-corrected chi connectivity index (χ2v) is 9.31. The van der Waals surface area contributed by atoms with E-state index in [1.54, 1.807) is 48.5 Å². The molecule has 1 fully saturated rings. The number of fused-ring (bicyclic) bond motifs is 1. The quantitative estimate of drug-likeness (QED) is 0.553. The summed E-state index contributed by atoms with van der Waals surface area (Å²) in [7, 11) is 2.22. The third kappa shape index (κ3) is 3.14. The first-order valence-electron chi connectivity index (χ1n) is 10.8. The lowest BCUT2D eigenvalue weighted by Gasteiger charge is -2.58. The molecule has 0 aromatic heterocycles. The van der Waals surface area contributed by atoms with Crippen LogP contribution in [0, 0.1) is 11.8 Å². The summed E-state index contributed by atoms with van der Waals surface area (Å²) in [6.07, 6.45) is 2.34. The molecule has 184 valence electrons. The SMILES string of the molecule is COC(=O)[C@@H]1[C@@H](C(=O)OC)[C@@]2(OC(c3ccc(Cl)cc3)=CC2=O)[C@]12OC(c1ccc(Cl)cc1)=CC2=O. The van der Waals surface area contributed by atoms with E-state index >= 15 is 0 Å². The second-order valence-electron chi connectivity index (χ2n) is 8.44. The highest BCUT2D eigenvalue weighted by Gasteiger charge is 2.89. The molecule has 4 atom stereocenters. The van der Waals surface area contributed by atoms with Crippen LogP contribution in [0.15, 0.2) is 60.7 Å². The molecule has 2 aromatic carbocycles. The Labute approximate surface area is 215 Å². The first-order chi connectivity index (χ1) is 17.2. The fraction of sp³-hybridized carbons (Fsp3) is 0.231. The van der Waals surface area contributed by atoms with Gasteiger partial charge in [0.15, 0.2) is 0 Å². The molecule has 0 saturated heterocycles. The number of hydrogen-bond acceptors (Lipinski definition) is 8. The average molecular weight is 529 g/mol. The summed E-state index contributed by atoms with van der Waals surface area (Å²) in [4.78, 5) is 53.2. The molecular formula is C26H18Cl2O8. The van der Waals surface area contributed by atoms with Crippen molar-refractivity contribution in [2.45, 2.75) is 11.2 Å². The minimum Gasteiger partial charge on any atom is -0.473 e. The molecule has 0 bridgehead atoms. The largest absolute Gasteiger partial charge is 0.473 e. The Morgan fingerprint density at radius 2 is 1.03 bits per heavy atom. The van der Waals surface area contributed by atoms with Crippen LogP contribution >= 0.6 is 23.2 Å². The Morgan fingerprint density at radius 3 is 1.33 bits per heavy atom. The molecule has 0 unspecified atom stereocenters. The van der Waals surface area contributed by atoms with E-state index in [0.29, 0.717) is 21.2 Å². The molecule has 2 heterocycles. The van der Waals surface area contributed by atoms with E-state index < -0.39 is 46.5 Å². The van der Waals surface area contributed by atoms with Crippen molar-refractivity contribution in [1.29, 1.82) is 0 Å². The van der Waals surface area contributed by atoms with Gasteiger partial charge in [-0.15, -0.1) is 0 Å². The molecule has 2 aromatic rings. The summed E-state index contributed by atoms with van der Waals surface area (Å²) in [5, 5.41) is 0.922. The van der Waals surface area contributed by atoms with Gasteiger partial charge in [-0.05, 0) is 48.5 Å². The molecule has 0 N–H and O–H groups in total. The van der Waals surface area contributed by atoms with Gasteiger partial charge in [0.25, 0.3) is 0 Å². The smallest absolute Gasteiger partial charge is 0.314 e. The normalized spacial score (nSPS) is 28.2. The molecule has 36 heavy (non-hydrogen) atoms. The van der Waals surface area contributed by atoms with Gasteiger partial charge in [-0.2, -0.15) is 0 Å². The Bertz CT molecular complexity index is 1260. The van der Waals surface area contributed by atoms with Crippen LogP contribution in [0.25, 0.3) is 11.5 Å². The lowest BCUT2D eigenvalue weighted by Crippen LogP contribution is -2.84. The zero-order valence-corrected chi connectivity index (χ0v) is 20.5. The summed E-state index contributed by atoms with van der Waals surface area (Å²) in [6, 6.07) is 12.9. The molecule has 2 spiro atoms. The Kier molecular flexibility index (Phi) is 5.69. The van der Waals surface area contributed by atoms with Gasteiger partial charge in [0.05, 0.1) is 14.2 Å². The molecule has 1 saturated carbocycles. The zero-order chi connectivity index (χ0) is 25.8. The average Bonchev–Trinajstić information content (AvgIpc) is 3.42. The minimum absolute atomic E-state index is 0.0876. The van der Waals surface area contributed by atoms with E-state index in [1.807, 2.05) is 0 Å². The van der Waals surface area contributed by atoms with Crippen LogP contribution in [0.4, 0.5) is 0 Å². The van der Waals surface area contributed by atoms with Crippen molar-refractivity contribution in [3.63, 3.8) is 0 Å². The number of rotatable bonds is 4. The summed E-state index contributed by atoms with van der Waals surface area (Å²) < 4.78 is 22.1. The first kappa shape index (κ1) is 24.1. The Balaban J connectivity index is 1.64. The second kappa shape index (κ2) is 8.50. The maximum Gasteiger partial charge on any atom is 0.314 e.